The average molecular weight is 145 g/mol. The van der Waals surface area contributed by atoms with Gasteiger partial charge in [0, 0.05) is 0 Å². The highest BCUT2D eigenvalue weighted by Crippen LogP contribution is 1.96. The fourth-order valence-electron chi connectivity index (χ4n) is 0.512. The molecule has 0 heterocycles. The van der Waals surface area contributed by atoms with Crippen molar-refractivity contribution in [3.05, 3.63) is 6.92 Å². The zero-order chi connectivity index (χ0) is 8.15. The standard InChI is InChI=1S/C6H9O4/c1-4(3-6(8)9)10-5(2)7/h4H,2-3H2,1H3,(H,8,9). The van der Waals surface area contributed by atoms with Gasteiger partial charge in [0.15, 0.2) is 0 Å². The lowest BCUT2D eigenvalue weighted by molar-refractivity contribution is -0.147. The molecule has 1 atom stereocenters. The van der Waals surface area contributed by atoms with Gasteiger partial charge >= 0.3 is 11.9 Å². The summed E-state index contributed by atoms with van der Waals surface area (Å²) >= 11 is 0. The van der Waals surface area contributed by atoms with Gasteiger partial charge < -0.3 is 9.84 Å². The van der Waals surface area contributed by atoms with Crippen LogP contribution in [0.4, 0.5) is 0 Å². The average Bonchev–Trinajstić information content (AvgIpc) is 1.58. The largest absolute Gasteiger partial charge is 0.481 e. The van der Waals surface area contributed by atoms with Crippen molar-refractivity contribution in [2.45, 2.75) is 19.4 Å². The quantitative estimate of drug-likeness (QED) is 0.577. The van der Waals surface area contributed by atoms with Gasteiger partial charge in [0.05, 0.1) is 13.3 Å². The molecule has 1 unspecified atom stereocenters. The topological polar surface area (TPSA) is 63.6 Å². The van der Waals surface area contributed by atoms with E-state index in [0.29, 0.717) is 0 Å². The predicted octanol–water partition coefficient (Wildman–Crippen LogP) is 0.227. The molecule has 0 aromatic heterocycles. The maximum atomic E-state index is 10.1. The predicted molar refractivity (Wildman–Crippen MR) is 33.2 cm³/mol. The Morgan fingerprint density at radius 3 is 2.50 bits per heavy atom. The van der Waals surface area contributed by atoms with Gasteiger partial charge in [-0.05, 0) is 6.92 Å². The van der Waals surface area contributed by atoms with Crippen LogP contribution < -0.4 is 0 Å². The van der Waals surface area contributed by atoms with E-state index in [0.717, 1.165) is 0 Å². The molecule has 0 aromatic carbocycles. The summed E-state index contributed by atoms with van der Waals surface area (Å²) in [6, 6.07) is 0. The molecule has 57 valence electrons. The number of hydrogen-bond acceptors (Lipinski definition) is 3. The van der Waals surface area contributed by atoms with Gasteiger partial charge in [-0.1, -0.05) is 0 Å². The van der Waals surface area contributed by atoms with Crippen molar-refractivity contribution in [3.8, 4) is 0 Å². The van der Waals surface area contributed by atoms with Crippen molar-refractivity contribution in [1.82, 2.24) is 0 Å². The molecular weight excluding hydrogens is 136 g/mol. The molecule has 4 heteroatoms. The third-order valence-electron chi connectivity index (χ3n) is 0.795. The Morgan fingerprint density at radius 2 is 2.20 bits per heavy atom. The number of carbonyl (C=O) groups excluding carboxylic acids is 1. The van der Waals surface area contributed by atoms with E-state index < -0.39 is 18.0 Å². The molecule has 0 saturated carbocycles. The summed E-state index contributed by atoms with van der Waals surface area (Å²) in [6.07, 6.45) is -0.774. The van der Waals surface area contributed by atoms with Crippen LogP contribution in [0.3, 0.4) is 0 Å². The normalized spacial score (nSPS) is 12.2. The lowest BCUT2D eigenvalue weighted by Gasteiger charge is -2.07. The van der Waals surface area contributed by atoms with E-state index in [1.54, 1.807) is 0 Å². The van der Waals surface area contributed by atoms with Crippen LogP contribution in [0.25, 0.3) is 0 Å². The van der Waals surface area contributed by atoms with E-state index in [1.807, 2.05) is 0 Å². The number of carbonyl (C=O) groups is 2. The molecule has 0 amide bonds. The zero-order valence-electron chi connectivity index (χ0n) is 5.66. The maximum absolute atomic E-state index is 10.1. The summed E-state index contributed by atoms with van der Waals surface area (Å²) in [5.41, 5.74) is 0. The van der Waals surface area contributed by atoms with Crippen LogP contribution in [0, 0.1) is 6.92 Å². The van der Waals surface area contributed by atoms with Crippen LogP contribution in [-0.2, 0) is 14.3 Å². The van der Waals surface area contributed by atoms with Crippen molar-refractivity contribution >= 4 is 11.9 Å². The van der Waals surface area contributed by atoms with Gasteiger partial charge in [0.25, 0.3) is 0 Å². The molecule has 0 aliphatic rings. The second-order valence-electron chi connectivity index (χ2n) is 1.90. The third-order valence-corrected chi connectivity index (χ3v) is 0.795. The minimum atomic E-state index is -0.992. The number of rotatable bonds is 3. The first-order valence-electron chi connectivity index (χ1n) is 2.76. The summed E-state index contributed by atoms with van der Waals surface area (Å²) in [7, 11) is 0. The molecule has 0 bridgehead atoms. The minimum absolute atomic E-state index is 0.179. The van der Waals surface area contributed by atoms with E-state index in [4.69, 9.17) is 5.11 Å². The first-order valence-corrected chi connectivity index (χ1v) is 2.76. The van der Waals surface area contributed by atoms with Crippen molar-refractivity contribution in [2.24, 2.45) is 0 Å². The van der Waals surface area contributed by atoms with Crippen LogP contribution in [0.2, 0.25) is 0 Å². The molecule has 0 spiro atoms. The van der Waals surface area contributed by atoms with Crippen LogP contribution in [0.5, 0.6) is 0 Å². The fourth-order valence-corrected chi connectivity index (χ4v) is 0.512. The SMILES string of the molecule is [CH2]C(=O)OC(C)CC(=O)O. The Labute approximate surface area is 58.8 Å². The van der Waals surface area contributed by atoms with E-state index in [1.165, 1.54) is 6.92 Å². The summed E-state index contributed by atoms with van der Waals surface area (Å²) in [6.45, 7) is 4.43. The summed E-state index contributed by atoms with van der Waals surface area (Å²) in [5, 5.41) is 8.19. The van der Waals surface area contributed by atoms with Crippen molar-refractivity contribution in [3.63, 3.8) is 0 Å². The minimum Gasteiger partial charge on any atom is -0.481 e. The Hall–Kier alpha value is -1.06. The van der Waals surface area contributed by atoms with Crippen LogP contribution in [0.1, 0.15) is 13.3 Å². The number of ether oxygens (including phenoxy) is 1. The molecule has 1 N–H and O–H groups in total. The second-order valence-corrected chi connectivity index (χ2v) is 1.90. The van der Waals surface area contributed by atoms with Crippen molar-refractivity contribution in [2.75, 3.05) is 0 Å². The second kappa shape index (κ2) is 3.87. The molecule has 10 heavy (non-hydrogen) atoms. The Kier molecular flexibility index (Phi) is 3.46. The monoisotopic (exact) mass is 145 g/mol. The van der Waals surface area contributed by atoms with Gasteiger partial charge in [0.2, 0.25) is 0 Å². The lowest BCUT2D eigenvalue weighted by atomic mass is 10.3. The number of carboxylic acid groups (broad SMARTS) is 1. The smallest absolute Gasteiger partial charge is 0.307 e. The highest BCUT2D eigenvalue weighted by atomic mass is 16.5. The first kappa shape index (κ1) is 8.94. The van der Waals surface area contributed by atoms with E-state index >= 15 is 0 Å². The van der Waals surface area contributed by atoms with Crippen molar-refractivity contribution < 1.29 is 19.4 Å². The van der Waals surface area contributed by atoms with Gasteiger partial charge in [-0.2, -0.15) is 0 Å². The third kappa shape index (κ3) is 5.08. The summed E-state index contributed by atoms with van der Waals surface area (Å²) < 4.78 is 4.43. The lowest BCUT2D eigenvalue weighted by Crippen LogP contribution is -2.16. The van der Waals surface area contributed by atoms with Gasteiger partial charge in [0.1, 0.15) is 6.10 Å². The van der Waals surface area contributed by atoms with Crippen LogP contribution in [-0.4, -0.2) is 23.1 Å². The Balaban J connectivity index is 3.53. The molecular formula is C6H9O4. The number of carboxylic acids is 1. The Morgan fingerprint density at radius 1 is 1.70 bits per heavy atom. The highest BCUT2D eigenvalue weighted by Gasteiger charge is 2.09. The molecule has 1 radical (unpaired) electrons. The molecule has 0 fully saturated rings. The van der Waals surface area contributed by atoms with E-state index in [9.17, 15) is 9.59 Å². The molecule has 0 aromatic rings. The molecule has 4 nitrogen and oxygen atoms in total. The molecule has 0 rings (SSSR count). The zero-order valence-corrected chi connectivity index (χ0v) is 5.66. The highest BCUT2D eigenvalue weighted by molar-refractivity contribution is 5.74. The number of esters is 1. The summed E-state index contributed by atoms with van der Waals surface area (Å²) in [4.78, 5) is 20.1. The van der Waals surface area contributed by atoms with E-state index in [2.05, 4.69) is 11.7 Å². The van der Waals surface area contributed by atoms with Gasteiger partial charge in [-0.25, -0.2) is 0 Å². The first-order chi connectivity index (χ1) is 4.52. The maximum Gasteiger partial charge on any atom is 0.307 e. The van der Waals surface area contributed by atoms with Crippen LogP contribution >= 0.6 is 0 Å². The Bertz CT molecular complexity index is 125. The van der Waals surface area contributed by atoms with Crippen LogP contribution in [0.15, 0.2) is 0 Å². The van der Waals surface area contributed by atoms with Gasteiger partial charge in [-0.3, -0.25) is 9.59 Å². The molecule has 0 saturated heterocycles. The van der Waals surface area contributed by atoms with E-state index in [-0.39, 0.29) is 6.42 Å². The number of hydrogen-bond donors (Lipinski definition) is 1. The van der Waals surface area contributed by atoms with Crippen molar-refractivity contribution in [1.29, 1.82) is 0 Å². The molecule has 0 aliphatic carbocycles. The fraction of sp³-hybridized carbons (Fsp3) is 0.500. The van der Waals surface area contributed by atoms with Gasteiger partial charge in [-0.15, -0.1) is 0 Å². The molecule has 0 aliphatic heterocycles. The number of aliphatic carboxylic acids is 1. The summed E-state index contributed by atoms with van der Waals surface area (Å²) in [5.74, 6) is -1.69.